The molecule has 18 heavy (non-hydrogen) atoms. The van der Waals surface area contributed by atoms with E-state index in [4.69, 9.17) is 5.11 Å². The van der Waals surface area contributed by atoms with E-state index in [9.17, 15) is 4.79 Å². The fourth-order valence-corrected chi connectivity index (χ4v) is 1.73. The number of aromatic nitrogens is 3. The Hall–Kier alpha value is -2.17. The molecule has 0 atom stereocenters. The van der Waals surface area contributed by atoms with Crippen LogP contribution < -0.4 is 0 Å². The van der Waals surface area contributed by atoms with Crippen LogP contribution in [0.2, 0.25) is 0 Å². The second-order valence-corrected chi connectivity index (χ2v) is 4.23. The van der Waals surface area contributed by atoms with Gasteiger partial charge in [0.05, 0.1) is 18.7 Å². The lowest BCUT2D eigenvalue weighted by Gasteiger charge is -2.04. The SMILES string of the molecule is Cc1ccccc1Cn1cc(CCC(=O)O)nn1. The molecule has 0 amide bonds. The average molecular weight is 245 g/mol. The standard InChI is InChI=1S/C13H15N3O2/c1-10-4-2-3-5-11(10)8-16-9-12(14-15-16)6-7-13(17)18/h2-5,9H,6-8H2,1H3,(H,17,18). The number of rotatable bonds is 5. The summed E-state index contributed by atoms with van der Waals surface area (Å²) in [4.78, 5) is 10.5. The molecule has 0 spiro atoms. The fourth-order valence-electron chi connectivity index (χ4n) is 1.73. The van der Waals surface area contributed by atoms with Crippen LogP contribution in [0.15, 0.2) is 30.5 Å². The Kier molecular flexibility index (Phi) is 3.72. The van der Waals surface area contributed by atoms with Crippen molar-refractivity contribution in [1.29, 1.82) is 0 Å². The van der Waals surface area contributed by atoms with Crippen molar-refractivity contribution in [2.24, 2.45) is 0 Å². The maximum atomic E-state index is 10.5. The Morgan fingerprint density at radius 1 is 1.39 bits per heavy atom. The first-order valence-corrected chi connectivity index (χ1v) is 5.80. The number of carboxylic acid groups (broad SMARTS) is 1. The quantitative estimate of drug-likeness (QED) is 0.869. The summed E-state index contributed by atoms with van der Waals surface area (Å²) < 4.78 is 1.74. The summed E-state index contributed by atoms with van der Waals surface area (Å²) >= 11 is 0. The van der Waals surface area contributed by atoms with Crippen LogP contribution in [0.5, 0.6) is 0 Å². The Morgan fingerprint density at radius 2 is 2.17 bits per heavy atom. The van der Waals surface area contributed by atoms with Crippen LogP contribution in [0, 0.1) is 6.92 Å². The molecular weight excluding hydrogens is 230 g/mol. The van der Waals surface area contributed by atoms with Gasteiger partial charge in [-0.3, -0.25) is 4.79 Å². The molecule has 0 unspecified atom stereocenters. The Labute approximate surface area is 105 Å². The van der Waals surface area contributed by atoms with Gasteiger partial charge in [0.1, 0.15) is 0 Å². The van der Waals surface area contributed by atoms with Crippen LogP contribution in [-0.4, -0.2) is 26.1 Å². The van der Waals surface area contributed by atoms with E-state index in [0.29, 0.717) is 18.7 Å². The van der Waals surface area contributed by atoms with E-state index in [1.54, 1.807) is 10.9 Å². The fraction of sp³-hybridized carbons (Fsp3) is 0.308. The number of benzene rings is 1. The summed E-state index contributed by atoms with van der Waals surface area (Å²) in [6, 6.07) is 8.09. The molecule has 1 N–H and O–H groups in total. The minimum Gasteiger partial charge on any atom is -0.481 e. The van der Waals surface area contributed by atoms with E-state index in [1.165, 1.54) is 11.1 Å². The zero-order valence-corrected chi connectivity index (χ0v) is 10.2. The zero-order valence-electron chi connectivity index (χ0n) is 10.2. The third kappa shape index (κ3) is 3.16. The number of carbonyl (C=O) groups is 1. The molecule has 0 saturated carbocycles. The monoisotopic (exact) mass is 245 g/mol. The molecule has 0 radical (unpaired) electrons. The first-order valence-electron chi connectivity index (χ1n) is 5.80. The molecule has 0 saturated heterocycles. The first kappa shape index (κ1) is 12.3. The minimum atomic E-state index is -0.816. The van der Waals surface area contributed by atoms with E-state index in [1.807, 2.05) is 18.2 Å². The highest BCUT2D eigenvalue weighted by molar-refractivity contribution is 5.66. The van der Waals surface area contributed by atoms with E-state index in [0.717, 1.165) is 0 Å². The van der Waals surface area contributed by atoms with Gasteiger partial charge in [-0.15, -0.1) is 5.10 Å². The normalized spacial score (nSPS) is 10.5. The van der Waals surface area contributed by atoms with Crippen LogP contribution in [0.4, 0.5) is 0 Å². The van der Waals surface area contributed by atoms with Crippen LogP contribution in [0.3, 0.4) is 0 Å². The van der Waals surface area contributed by atoms with Gasteiger partial charge < -0.3 is 5.11 Å². The second-order valence-electron chi connectivity index (χ2n) is 4.23. The highest BCUT2D eigenvalue weighted by Crippen LogP contribution is 2.09. The molecule has 2 aromatic rings. The number of hydrogen-bond donors (Lipinski definition) is 1. The van der Waals surface area contributed by atoms with Gasteiger partial charge in [-0.2, -0.15) is 0 Å². The molecular formula is C13H15N3O2. The zero-order chi connectivity index (χ0) is 13.0. The van der Waals surface area contributed by atoms with E-state index in [2.05, 4.69) is 23.3 Å². The maximum Gasteiger partial charge on any atom is 0.303 e. The van der Waals surface area contributed by atoms with Gasteiger partial charge in [0, 0.05) is 12.6 Å². The summed E-state index contributed by atoms with van der Waals surface area (Å²) in [5.74, 6) is -0.816. The summed E-state index contributed by atoms with van der Waals surface area (Å²) in [5.41, 5.74) is 3.11. The Morgan fingerprint density at radius 3 is 2.89 bits per heavy atom. The summed E-state index contributed by atoms with van der Waals surface area (Å²) in [5, 5.41) is 16.6. The van der Waals surface area contributed by atoms with Crippen molar-refractivity contribution in [3.05, 3.63) is 47.3 Å². The number of hydrogen-bond acceptors (Lipinski definition) is 3. The van der Waals surface area contributed by atoms with Gasteiger partial charge in [-0.25, -0.2) is 4.68 Å². The number of aliphatic carboxylic acids is 1. The number of carboxylic acids is 1. The van der Waals surface area contributed by atoms with Gasteiger partial charge in [0.25, 0.3) is 0 Å². The molecule has 5 nitrogen and oxygen atoms in total. The van der Waals surface area contributed by atoms with E-state index >= 15 is 0 Å². The summed E-state index contributed by atoms with van der Waals surface area (Å²) in [6.45, 7) is 2.71. The van der Waals surface area contributed by atoms with Crippen molar-refractivity contribution in [1.82, 2.24) is 15.0 Å². The van der Waals surface area contributed by atoms with E-state index < -0.39 is 5.97 Å². The molecule has 0 bridgehead atoms. The lowest BCUT2D eigenvalue weighted by Crippen LogP contribution is -2.02. The van der Waals surface area contributed by atoms with Gasteiger partial charge in [0.2, 0.25) is 0 Å². The van der Waals surface area contributed by atoms with Crippen molar-refractivity contribution in [2.45, 2.75) is 26.3 Å². The third-order valence-electron chi connectivity index (χ3n) is 2.77. The highest BCUT2D eigenvalue weighted by atomic mass is 16.4. The topological polar surface area (TPSA) is 68.0 Å². The molecule has 5 heteroatoms. The molecule has 94 valence electrons. The Balaban J connectivity index is 2.02. The molecule has 0 aliphatic rings. The first-order chi connectivity index (χ1) is 8.65. The summed E-state index contributed by atoms with van der Waals surface area (Å²) in [6.07, 6.45) is 2.31. The van der Waals surface area contributed by atoms with Crippen molar-refractivity contribution in [2.75, 3.05) is 0 Å². The highest BCUT2D eigenvalue weighted by Gasteiger charge is 2.05. The lowest BCUT2D eigenvalue weighted by molar-refractivity contribution is -0.136. The van der Waals surface area contributed by atoms with E-state index in [-0.39, 0.29) is 6.42 Å². The predicted molar refractivity (Wildman–Crippen MR) is 66.3 cm³/mol. The average Bonchev–Trinajstić information content (AvgIpc) is 2.77. The molecule has 0 aliphatic heterocycles. The molecule has 1 aromatic carbocycles. The van der Waals surface area contributed by atoms with Gasteiger partial charge >= 0.3 is 5.97 Å². The van der Waals surface area contributed by atoms with Crippen LogP contribution >= 0.6 is 0 Å². The van der Waals surface area contributed by atoms with Crippen LogP contribution in [-0.2, 0) is 17.8 Å². The lowest BCUT2D eigenvalue weighted by atomic mass is 10.1. The van der Waals surface area contributed by atoms with Crippen molar-refractivity contribution < 1.29 is 9.90 Å². The van der Waals surface area contributed by atoms with Crippen molar-refractivity contribution in [3.63, 3.8) is 0 Å². The number of nitrogens with zero attached hydrogens (tertiary/aromatic N) is 3. The number of aryl methyl sites for hydroxylation is 2. The Bertz CT molecular complexity index is 549. The molecule has 2 rings (SSSR count). The summed E-state index contributed by atoms with van der Waals surface area (Å²) in [7, 11) is 0. The van der Waals surface area contributed by atoms with Gasteiger partial charge in [-0.1, -0.05) is 29.5 Å². The molecule has 0 aliphatic carbocycles. The van der Waals surface area contributed by atoms with Gasteiger partial charge in [0.15, 0.2) is 0 Å². The second kappa shape index (κ2) is 5.44. The largest absolute Gasteiger partial charge is 0.481 e. The minimum absolute atomic E-state index is 0.0864. The molecule has 1 heterocycles. The molecule has 0 fully saturated rings. The smallest absolute Gasteiger partial charge is 0.303 e. The van der Waals surface area contributed by atoms with Crippen LogP contribution in [0.25, 0.3) is 0 Å². The van der Waals surface area contributed by atoms with Crippen molar-refractivity contribution >= 4 is 5.97 Å². The van der Waals surface area contributed by atoms with Crippen LogP contribution in [0.1, 0.15) is 23.2 Å². The van der Waals surface area contributed by atoms with Crippen molar-refractivity contribution in [3.8, 4) is 0 Å². The predicted octanol–water partition coefficient (Wildman–Crippen LogP) is 1.65. The maximum absolute atomic E-state index is 10.5. The van der Waals surface area contributed by atoms with Gasteiger partial charge in [-0.05, 0) is 18.1 Å². The molecule has 1 aromatic heterocycles. The third-order valence-corrected chi connectivity index (χ3v) is 2.77.